The summed E-state index contributed by atoms with van der Waals surface area (Å²) in [5.41, 5.74) is 9.08. The lowest BCUT2D eigenvalue weighted by molar-refractivity contribution is -0.122. The third kappa shape index (κ3) is 6.20. The van der Waals surface area contributed by atoms with Gasteiger partial charge in [0.2, 0.25) is 5.91 Å². The summed E-state index contributed by atoms with van der Waals surface area (Å²) in [5, 5.41) is 3.18. The van der Waals surface area contributed by atoms with Gasteiger partial charge < -0.3 is 11.1 Å². The van der Waals surface area contributed by atoms with Crippen molar-refractivity contribution in [1.82, 2.24) is 15.2 Å². The maximum atomic E-state index is 12.5. The van der Waals surface area contributed by atoms with Crippen molar-refractivity contribution in [2.24, 2.45) is 11.7 Å². The monoisotopic (exact) mass is 448 g/mol. The summed E-state index contributed by atoms with van der Waals surface area (Å²) < 4.78 is 0. The second-order valence-electron chi connectivity index (χ2n) is 9.72. The van der Waals surface area contributed by atoms with E-state index in [-0.39, 0.29) is 5.91 Å². The van der Waals surface area contributed by atoms with Gasteiger partial charge in [-0.15, -0.1) is 0 Å². The predicted octanol–water partition coefficient (Wildman–Crippen LogP) is 3.76. The van der Waals surface area contributed by atoms with Crippen molar-refractivity contribution in [3.63, 3.8) is 0 Å². The van der Waals surface area contributed by atoms with Crippen molar-refractivity contribution < 1.29 is 9.59 Å². The molecule has 2 heterocycles. The minimum Gasteiger partial charge on any atom is -0.366 e. The molecule has 2 aliphatic rings. The lowest BCUT2D eigenvalue weighted by Gasteiger charge is -2.32. The van der Waals surface area contributed by atoms with E-state index in [4.69, 9.17) is 5.73 Å². The van der Waals surface area contributed by atoms with E-state index >= 15 is 0 Å². The van der Waals surface area contributed by atoms with E-state index in [0.29, 0.717) is 35.6 Å². The highest BCUT2D eigenvalue weighted by atomic mass is 16.2. The van der Waals surface area contributed by atoms with Crippen LogP contribution in [-0.2, 0) is 4.79 Å². The first-order chi connectivity index (χ1) is 16.0. The van der Waals surface area contributed by atoms with E-state index in [1.54, 1.807) is 6.07 Å². The summed E-state index contributed by atoms with van der Waals surface area (Å²) in [6.07, 6.45) is 6.55. The molecule has 176 valence electrons. The maximum Gasteiger partial charge on any atom is 0.250 e. The summed E-state index contributed by atoms with van der Waals surface area (Å²) in [5.74, 6) is 1.29. The molecule has 0 atom stereocenters. The van der Waals surface area contributed by atoms with Gasteiger partial charge in [-0.3, -0.25) is 19.5 Å². The number of pyridine rings is 1. The van der Waals surface area contributed by atoms with Gasteiger partial charge in [0.1, 0.15) is 0 Å². The number of hydrogen-bond acceptors (Lipinski definition) is 4. The quantitative estimate of drug-likeness (QED) is 0.675. The van der Waals surface area contributed by atoms with Crippen molar-refractivity contribution in [3.05, 3.63) is 65.0 Å². The van der Waals surface area contributed by atoms with Gasteiger partial charge in [0.05, 0.1) is 17.8 Å². The van der Waals surface area contributed by atoms with Crippen molar-refractivity contribution in [2.45, 2.75) is 57.3 Å². The van der Waals surface area contributed by atoms with E-state index in [0.717, 1.165) is 63.9 Å². The first-order valence-electron chi connectivity index (χ1n) is 12.3. The van der Waals surface area contributed by atoms with Gasteiger partial charge in [0, 0.05) is 18.2 Å². The largest absolute Gasteiger partial charge is 0.366 e. The zero-order valence-corrected chi connectivity index (χ0v) is 19.6. The molecule has 1 saturated heterocycles. The van der Waals surface area contributed by atoms with Crippen LogP contribution in [0.3, 0.4) is 0 Å². The molecule has 0 bridgehead atoms. The Morgan fingerprint density at radius 2 is 1.67 bits per heavy atom. The van der Waals surface area contributed by atoms with Gasteiger partial charge in [-0.05, 0) is 88.1 Å². The third-order valence-corrected chi connectivity index (χ3v) is 7.45. The number of likely N-dealkylation sites (tertiary alicyclic amines) is 1. The molecule has 1 saturated carbocycles. The highest BCUT2D eigenvalue weighted by molar-refractivity contribution is 5.93. The lowest BCUT2D eigenvalue weighted by Crippen LogP contribution is -2.42. The average molecular weight is 449 g/mol. The molecule has 1 aliphatic heterocycles. The molecule has 0 radical (unpaired) electrons. The van der Waals surface area contributed by atoms with Crippen LogP contribution in [0.15, 0.2) is 42.5 Å². The first kappa shape index (κ1) is 23.4. The number of aromatic nitrogens is 1. The molecule has 2 amide bonds. The average Bonchev–Trinajstić information content (AvgIpc) is 2.84. The SMILES string of the molecule is Cc1nc(C2CCC(CNC(=O)CN3CCC(c4ccccc4)CC3)CC2)ccc1C(N)=O. The van der Waals surface area contributed by atoms with Crippen LogP contribution in [0.1, 0.15) is 77.7 Å². The van der Waals surface area contributed by atoms with Crippen molar-refractivity contribution in [2.75, 3.05) is 26.2 Å². The Balaban J connectivity index is 1.16. The minimum atomic E-state index is -0.424. The number of rotatable bonds is 7. The predicted molar refractivity (Wildman–Crippen MR) is 130 cm³/mol. The number of nitrogens with two attached hydrogens (primary N) is 1. The summed E-state index contributed by atoms with van der Waals surface area (Å²) in [7, 11) is 0. The molecule has 3 N–H and O–H groups in total. The van der Waals surface area contributed by atoms with Gasteiger partial charge in [-0.1, -0.05) is 30.3 Å². The summed E-state index contributed by atoms with van der Waals surface area (Å²) >= 11 is 0. The zero-order valence-electron chi connectivity index (χ0n) is 19.6. The first-order valence-corrected chi connectivity index (χ1v) is 12.3. The summed E-state index contributed by atoms with van der Waals surface area (Å²) in [6, 6.07) is 14.5. The molecular weight excluding hydrogens is 412 g/mol. The molecule has 1 aromatic carbocycles. The Hall–Kier alpha value is -2.73. The summed E-state index contributed by atoms with van der Waals surface area (Å²) in [6.45, 7) is 5.08. The minimum absolute atomic E-state index is 0.148. The van der Waals surface area contributed by atoms with Crippen molar-refractivity contribution in [1.29, 1.82) is 0 Å². The van der Waals surface area contributed by atoms with Gasteiger partial charge >= 0.3 is 0 Å². The van der Waals surface area contributed by atoms with E-state index in [2.05, 4.69) is 45.5 Å². The van der Waals surface area contributed by atoms with Gasteiger partial charge in [-0.2, -0.15) is 0 Å². The number of aryl methyl sites for hydroxylation is 1. The Labute approximate surface area is 197 Å². The fourth-order valence-electron chi connectivity index (χ4n) is 5.40. The highest BCUT2D eigenvalue weighted by Gasteiger charge is 2.25. The number of benzene rings is 1. The Kier molecular flexibility index (Phi) is 7.76. The molecular formula is C27H36N4O2. The van der Waals surface area contributed by atoms with Crippen LogP contribution in [0.2, 0.25) is 0 Å². The second kappa shape index (κ2) is 10.9. The maximum absolute atomic E-state index is 12.5. The van der Waals surface area contributed by atoms with E-state index < -0.39 is 5.91 Å². The number of nitrogens with one attached hydrogen (secondary N) is 1. The number of hydrogen-bond donors (Lipinski definition) is 2. The molecule has 4 rings (SSSR count). The molecule has 1 aliphatic carbocycles. The number of piperidine rings is 1. The molecule has 6 heteroatoms. The fraction of sp³-hybridized carbons (Fsp3) is 0.519. The van der Waals surface area contributed by atoms with Crippen LogP contribution in [-0.4, -0.2) is 47.9 Å². The normalized spacial score (nSPS) is 22.1. The van der Waals surface area contributed by atoms with Crippen LogP contribution < -0.4 is 11.1 Å². The molecule has 0 unspecified atom stereocenters. The molecule has 33 heavy (non-hydrogen) atoms. The number of carbonyl (C=O) groups is 2. The second-order valence-corrected chi connectivity index (χ2v) is 9.72. The topological polar surface area (TPSA) is 88.3 Å². The van der Waals surface area contributed by atoms with Crippen LogP contribution in [0.4, 0.5) is 0 Å². The van der Waals surface area contributed by atoms with Gasteiger partial charge in [-0.25, -0.2) is 0 Å². The van der Waals surface area contributed by atoms with Gasteiger partial charge in [0.15, 0.2) is 0 Å². The van der Waals surface area contributed by atoms with Crippen LogP contribution in [0, 0.1) is 12.8 Å². The Bertz CT molecular complexity index is 946. The zero-order chi connectivity index (χ0) is 23.2. The molecule has 2 fully saturated rings. The fourth-order valence-corrected chi connectivity index (χ4v) is 5.40. The number of primary amides is 1. The molecule has 1 aromatic heterocycles. The van der Waals surface area contributed by atoms with E-state index in [1.807, 2.05) is 13.0 Å². The Morgan fingerprint density at radius 3 is 2.30 bits per heavy atom. The number of amides is 2. The Morgan fingerprint density at radius 1 is 0.970 bits per heavy atom. The standard InChI is InChI=1S/C27H36N4O2/c1-19-24(27(28)33)11-12-25(30-19)23-9-7-20(8-10-23)17-29-26(32)18-31-15-13-22(14-16-31)21-5-3-2-4-6-21/h2-6,11-12,20,22-23H,7-10,13-18H2,1H3,(H2,28,33)(H,29,32). The molecule has 0 spiro atoms. The summed E-state index contributed by atoms with van der Waals surface area (Å²) in [4.78, 5) is 30.9. The van der Waals surface area contributed by atoms with E-state index in [1.165, 1.54) is 5.56 Å². The van der Waals surface area contributed by atoms with Crippen LogP contribution >= 0.6 is 0 Å². The molecule has 6 nitrogen and oxygen atoms in total. The van der Waals surface area contributed by atoms with E-state index in [9.17, 15) is 9.59 Å². The smallest absolute Gasteiger partial charge is 0.250 e. The van der Waals surface area contributed by atoms with Crippen LogP contribution in [0.5, 0.6) is 0 Å². The molecule has 2 aromatic rings. The van der Waals surface area contributed by atoms with Crippen molar-refractivity contribution >= 4 is 11.8 Å². The lowest BCUT2D eigenvalue weighted by atomic mass is 9.80. The highest BCUT2D eigenvalue weighted by Crippen LogP contribution is 2.35. The van der Waals surface area contributed by atoms with Crippen LogP contribution in [0.25, 0.3) is 0 Å². The number of nitrogens with zero attached hydrogens (tertiary/aromatic N) is 2. The van der Waals surface area contributed by atoms with Crippen molar-refractivity contribution in [3.8, 4) is 0 Å². The van der Waals surface area contributed by atoms with Gasteiger partial charge in [0.25, 0.3) is 5.91 Å². The number of carbonyl (C=O) groups excluding carboxylic acids is 2. The third-order valence-electron chi connectivity index (χ3n) is 7.45.